The minimum atomic E-state index is -0.552. The molecule has 1 rings (SSSR count). The zero-order valence-corrected chi connectivity index (χ0v) is 9.95. The average Bonchev–Trinajstić information content (AvgIpc) is 2.25. The fourth-order valence-electron chi connectivity index (χ4n) is 1.12. The highest BCUT2D eigenvalue weighted by molar-refractivity contribution is 9.10. The predicted molar refractivity (Wildman–Crippen MR) is 61.2 cm³/mol. The van der Waals surface area contributed by atoms with Gasteiger partial charge in [-0.2, -0.15) is 0 Å². The second-order valence-corrected chi connectivity index (χ2v) is 3.90. The highest BCUT2D eigenvalue weighted by Gasteiger charge is 2.16. The topological polar surface area (TPSA) is 64.3 Å². The van der Waals surface area contributed by atoms with Crippen LogP contribution in [0.15, 0.2) is 28.7 Å². The smallest absolute Gasteiger partial charge is 0.274 e. The molecule has 82 valence electrons. The molecule has 0 heterocycles. The third kappa shape index (κ3) is 3.53. The lowest BCUT2D eigenvalue weighted by Crippen LogP contribution is -2.41. The molecule has 0 saturated carbocycles. The van der Waals surface area contributed by atoms with Crippen molar-refractivity contribution in [2.24, 2.45) is 5.84 Å². The van der Waals surface area contributed by atoms with Gasteiger partial charge in [0, 0.05) is 4.47 Å². The molecule has 1 aromatic carbocycles. The standard InChI is InChI=1S/C10H13BrN2O2/c1-2-9(10(14)13-12)15-8-5-3-4-7(11)6-8/h3-6,9H,2,12H2,1H3,(H,13,14)/t9-/m0/s1. The fourth-order valence-corrected chi connectivity index (χ4v) is 1.50. The van der Waals surface area contributed by atoms with Crippen molar-refractivity contribution in [1.82, 2.24) is 5.43 Å². The molecular formula is C10H13BrN2O2. The first-order chi connectivity index (χ1) is 7.17. The molecule has 0 aromatic heterocycles. The Morgan fingerprint density at radius 1 is 1.67 bits per heavy atom. The molecule has 1 atom stereocenters. The molecule has 0 spiro atoms. The summed E-state index contributed by atoms with van der Waals surface area (Å²) in [4.78, 5) is 11.3. The van der Waals surface area contributed by atoms with E-state index in [4.69, 9.17) is 10.6 Å². The molecule has 0 aliphatic heterocycles. The van der Waals surface area contributed by atoms with E-state index in [-0.39, 0.29) is 5.91 Å². The molecule has 0 bridgehead atoms. The maximum atomic E-state index is 11.3. The number of amides is 1. The Kier molecular flexibility index (Phi) is 4.58. The van der Waals surface area contributed by atoms with Gasteiger partial charge in [-0.1, -0.05) is 28.9 Å². The fraction of sp³-hybridized carbons (Fsp3) is 0.300. The van der Waals surface area contributed by atoms with Crippen LogP contribution in [0, 0.1) is 0 Å². The van der Waals surface area contributed by atoms with Crippen LogP contribution in [0.1, 0.15) is 13.3 Å². The number of ether oxygens (including phenoxy) is 1. The average molecular weight is 273 g/mol. The largest absolute Gasteiger partial charge is 0.481 e. The van der Waals surface area contributed by atoms with E-state index < -0.39 is 6.10 Å². The Morgan fingerprint density at radius 2 is 2.40 bits per heavy atom. The molecule has 15 heavy (non-hydrogen) atoms. The van der Waals surface area contributed by atoms with Crippen molar-refractivity contribution < 1.29 is 9.53 Å². The van der Waals surface area contributed by atoms with Crippen LogP contribution in [0.5, 0.6) is 5.75 Å². The summed E-state index contributed by atoms with van der Waals surface area (Å²) in [6, 6.07) is 7.31. The van der Waals surface area contributed by atoms with Gasteiger partial charge in [-0.05, 0) is 24.6 Å². The van der Waals surface area contributed by atoms with Crippen molar-refractivity contribution in [3.05, 3.63) is 28.7 Å². The van der Waals surface area contributed by atoms with Crippen LogP contribution >= 0.6 is 15.9 Å². The molecule has 3 N–H and O–H groups in total. The Morgan fingerprint density at radius 3 is 2.93 bits per heavy atom. The number of carbonyl (C=O) groups excluding carboxylic acids is 1. The summed E-state index contributed by atoms with van der Waals surface area (Å²) in [6.07, 6.45) is 0.0135. The van der Waals surface area contributed by atoms with Gasteiger partial charge in [-0.15, -0.1) is 0 Å². The summed E-state index contributed by atoms with van der Waals surface area (Å²) in [7, 11) is 0. The molecule has 0 aliphatic rings. The first kappa shape index (κ1) is 12.0. The number of hydrogen-bond acceptors (Lipinski definition) is 3. The normalized spacial score (nSPS) is 11.9. The van der Waals surface area contributed by atoms with Crippen LogP contribution in [-0.4, -0.2) is 12.0 Å². The van der Waals surface area contributed by atoms with Gasteiger partial charge in [0.25, 0.3) is 5.91 Å². The van der Waals surface area contributed by atoms with Crippen molar-refractivity contribution in [2.75, 3.05) is 0 Å². The van der Waals surface area contributed by atoms with E-state index in [0.717, 1.165) is 4.47 Å². The quantitative estimate of drug-likeness (QED) is 0.497. The summed E-state index contributed by atoms with van der Waals surface area (Å²) >= 11 is 3.32. The Balaban J connectivity index is 2.70. The number of carbonyl (C=O) groups is 1. The second-order valence-electron chi connectivity index (χ2n) is 2.98. The number of nitrogens with one attached hydrogen (secondary N) is 1. The van der Waals surface area contributed by atoms with Crippen molar-refractivity contribution in [2.45, 2.75) is 19.4 Å². The minimum absolute atomic E-state index is 0.322. The van der Waals surface area contributed by atoms with Crippen molar-refractivity contribution >= 4 is 21.8 Å². The van der Waals surface area contributed by atoms with E-state index in [2.05, 4.69) is 21.4 Å². The van der Waals surface area contributed by atoms with Gasteiger partial charge in [0.05, 0.1) is 0 Å². The van der Waals surface area contributed by atoms with Crippen LogP contribution in [0.25, 0.3) is 0 Å². The van der Waals surface area contributed by atoms with Crippen molar-refractivity contribution in [1.29, 1.82) is 0 Å². The van der Waals surface area contributed by atoms with E-state index in [1.165, 1.54) is 0 Å². The Labute approximate surface area is 96.9 Å². The van der Waals surface area contributed by atoms with E-state index in [1.807, 2.05) is 19.1 Å². The third-order valence-electron chi connectivity index (χ3n) is 1.88. The van der Waals surface area contributed by atoms with E-state index in [9.17, 15) is 4.79 Å². The first-order valence-electron chi connectivity index (χ1n) is 4.60. The van der Waals surface area contributed by atoms with Gasteiger partial charge in [-0.25, -0.2) is 5.84 Å². The SMILES string of the molecule is CC[C@H](Oc1cccc(Br)c1)C(=O)NN. The maximum absolute atomic E-state index is 11.3. The Hall–Kier alpha value is -1.07. The number of hydrazine groups is 1. The second kappa shape index (κ2) is 5.72. The summed E-state index contributed by atoms with van der Waals surface area (Å²) < 4.78 is 6.38. The molecule has 0 radical (unpaired) electrons. The zero-order valence-electron chi connectivity index (χ0n) is 8.37. The summed E-state index contributed by atoms with van der Waals surface area (Å²) in [5.74, 6) is 5.36. The molecule has 1 aromatic rings. The highest BCUT2D eigenvalue weighted by Crippen LogP contribution is 2.19. The highest BCUT2D eigenvalue weighted by atomic mass is 79.9. The van der Waals surface area contributed by atoms with Crippen LogP contribution in [0.3, 0.4) is 0 Å². The van der Waals surface area contributed by atoms with Crippen LogP contribution < -0.4 is 16.0 Å². The van der Waals surface area contributed by atoms with Gasteiger partial charge in [-0.3, -0.25) is 10.2 Å². The summed E-state index contributed by atoms with van der Waals surface area (Å²) in [6.45, 7) is 1.86. The molecule has 0 unspecified atom stereocenters. The van der Waals surface area contributed by atoms with Gasteiger partial charge in [0.1, 0.15) is 5.75 Å². The lowest BCUT2D eigenvalue weighted by Gasteiger charge is -2.15. The van der Waals surface area contributed by atoms with Gasteiger partial charge in [0.2, 0.25) is 0 Å². The lowest BCUT2D eigenvalue weighted by molar-refractivity contribution is -0.128. The number of nitrogens with two attached hydrogens (primary N) is 1. The molecule has 0 saturated heterocycles. The molecule has 0 fully saturated rings. The minimum Gasteiger partial charge on any atom is -0.481 e. The number of hydrogen-bond donors (Lipinski definition) is 2. The van der Waals surface area contributed by atoms with Crippen molar-refractivity contribution in [3.8, 4) is 5.75 Å². The third-order valence-corrected chi connectivity index (χ3v) is 2.37. The van der Waals surface area contributed by atoms with Crippen LogP contribution in [-0.2, 0) is 4.79 Å². The van der Waals surface area contributed by atoms with Crippen LogP contribution in [0.4, 0.5) is 0 Å². The molecular weight excluding hydrogens is 260 g/mol. The van der Waals surface area contributed by atoms with Crippen LogP contribution in [0.2, 0.25) is 0 Å². The molecule has 1 amide bonds. The van der Waals surface area contributed by atoms with Gasteiger partial charge < -0.3 is 4.74 Å². The Bertz CT molecular complexity index is 344. The zero-order chi connectivity index (χ0) is 11.3. The summed E-state index contributed by atoms with van der Waals surface area (Å²) in [5, 5.41) is 0. The summed E-state index contributed by atoms with van der Waals surface area (Å²) in [5.41, 5.74) is 2.08. The maximum Gasteiger partial charge on any atom is 0.274 e. The van der Waals surface area contributed by atoms with E-state index >= 15 is 0 Å². The molecule has 4 nitrogen and oxygen atoms in total. The lowest BCUT2D eigenvalue weighted by atomic mass is 10.2. The van der Waals surface area contributed by atoms with Gasteiger partial charge >= 0.3 is 0 Å². The number of rotatable bonds is 4. The monoisotopic (exact) mass is 272 g/mol. The number of halogens is 1. The van der Waals surface area contributed by atoms with E-state index in [1.54, 1.807) is 12.1 Å². The number of benzene rings is 1. The predicted octanol–water partition coefficient (Wildman–Crippen LogP) is 1.60. The molecule has 0 aliphatic carbocycles. The van der Waals surface area contributed by atoms with Crippen molar-refractivity contribution in [3.63, 3.8) is 0 Å². The molecule has 5 heteroatoms. The van der Waals surface area contributed by atoms with E-state index in [0.29, 0.717) is 12.2 Å². The van der Waals surface area contributed by atoms with Gasteiger partial charge in [0.15, 0.2) is 6.10 Å². The first-order valence-corrected chi connectivity index (χ1v) is 5.39.